The van der Waals surface area contributed by atoms with Gasteiger partial charge in [0.05, 0.1) is 6.10 Å². The second kappa shape index (κ2) is 10.1. The number of aliphatic hydroxyl groups is 1. The first-order valence-corrected chi connectivity index (χ1v) is 10.8. The van der Waals surface area contributed by atoms with Crippen LogP contribution in [0, 0.1) is 0 Å². The molecular weight excluding hydrogens is 388 g/mol. The number of carbonyl (C=O) groups is 2. The predicted molar refractivity (Wildman–Crippen MR) is 125 cm³/mol. The van der Waals surface area contributed by atoms with Crippen molar-refractivity contribution in [3.63, 3.8) is 0 Å². The summed E-state index contributed by atoms with van der Waals surface area (Å²) in [5, 5.41) is 16.7. The molecule has 1 atom stereocenters. The smallest absolute Gasteiger partial charge is 0.251 e. The van der Waals surface area contributed by atoms with Crippen LogP contribution in [0.1, 0.15) is 79.8 Å². The molecule has 0 heterocycles. The van der Waals surface area contributed by atoms with Gasteiger partial charge >= 0.3 is 0 Å². The van der Waals surface area contributed by atoms with Gasteiger partial charge < -0.3 is 15.7 Å². The number of nitrogens with one attached hydrogen (secondary N) is 2. The molecule has 2 amide bonds. The topological polar surface area (TPSA) is 78.4 Å². The molecule has 168 valence electrons. The van der Waals surface area contributed by atoms with Crippen LogP contribution in [0.4, 0.5) is 0 Å². The molecule has 0 spiro atoms. The van der Waals surface area contributed by atoms with E-state index in [2.05, 4.69) is 10.6 Å². The number of aryl methyl sites for hydroxylation is 1. The molecule has 0 aromatic heterocycles. The number of benzene rings is 2. The highest BCUT2D eigenvalue weighted by Gasteiger charge is 2.20. The van der Waals surface area contributed by atoms with Gasteiger partial charge in [-0.25, -0.2) is 0 Å². The zero-order valence-electron chi connectivity index (χ0n) is 19.6. The van der Waals surface area contributed by atoms with Gasteiger partial charge in [-0.1, -0.05) is 36.4 Å². The van der Waals surface area contributed by atoms with Crippen molar-refractivity contribution in [3.05, 3.63) is 70.8 Å². The summed E-state index contributed by atoms with van der Waals surface area (Å²) in [5.41, 5.74) is 2.29. The van der Waals surface area contributed by atoms with Crippen LogP contribution in [0.15, 0.2) is 48.5 Å². The van der Waals surface area contributed by atoms with E-state index < -0.39 is 6.10 Å². The van der Waals surface area contributed by atoms with E-state index in [9.17, 15) is 14.7 Å². The molecule has 0 aliphatic rings. The lowest BCUT2D eigenvalue weighted by Crippen LogP contribution is -2.41. The Balaban J connectivity index is 2.07. The molecule has 0 fully saturated rings. The molecule has 2 aromatic rings. The molecule has 5 nitrogen and oxygen atoms in total. The van der Waals surface area contributed by atoms with Gasteiger partial charge in [-0.15, -0.1) is 0 Å². The van der Waals surface area contributed by atoms with E-state index >= 15 is 0 Å². The first kappa shape index (κ1) is 24.6. The van der Waals surface area contributed by atoms with Crippen molar-refractivity contribution in [3.8, 4) is 0 Å². The molecule has 3 N–H and O–H groups in total. The highest BCUT2D eigenvalue weighted by molar-refractivity contribution is 5.96. The minimum Gasteiger partial charge on any atom is -0.393 e. The summed E-state index contributed by atoms with van der Waals surface area (Å²) in [4.78, 5) is 25.3. The summed E-state index contributed by atoms with van der Waals surface area (Å²) in [6.07, 6.45) is 0.826. The average Bonchev–Trinajstić information content (AvgIpc) is 2.64. The third-order valence-electron chi connectivity index (χ3n) is 4.70. The van der Waals surface area contributed by atoms with Crippen molar-refractivity contribution in [2.75, 3.05) is 0 Å². The van der Waals surface area contributed by atoms with E-state index in [-0.39, 0.29) is 22.9 Å². The van der Waals surface area contributed by atoms with Gasteiger partial charge in [0, 0.05) is 22.2 Å². The Labute approximate surface area is 186 Å². The minimum atomic E-state index is -0.623. The lowest BCUT2D eigenvalue weighted by atomic mass is 9.95. The van der Waals surface area contributed by atoms with Gasteiger partial charge in [0.1, 0.15) is 0 Å². The summed E-state index contributed by atoms with van der Waals surface area (Å²) < 4.78 is 0. The van der Waals surface area contributed by atoms with Crippen molar-refractivity contribution in [2.45, 2.75) is 78.0 Å². The number of amides is 2. The quantitative estimate of drug-likeness (QED) is 0.621. The lowest BCUT2D eigenvalue weighted by molar-refractivity contribution is 0.0907. The maximum absolute atomic E-state index is 12.6. The second-order valence-corrected chi connectivity index (χ2v) is 10.1. The highest BCUT2D eigenvalue weighted by atomic mass is 16.3. The summed E-state index contributed by atoms with van der Waals surface area (Å²) >= 11 is 0. The predicted octanol–water partition coefficient (Wildman–Crippen LogP) is 4.28. The normalized spacial score (nSPS) is 12.9. The van der Waals surface area contributed by atoms with E-state index in [1.807, 2.05) is 84.0 Å². The third kappa shape index (κ3) is 8.18. The van der Waals surface area contributed by atoms with Crippen LogP contribution in [0.5, 0.6) is 0 Å². The van der Waals surface area contributed by atoms with Crippen LogP contribution in [0.2, 0.25) is 0 Å². The standard InChI is InChI=1S/C26H36N2O3/c1-25(2,3)27-23(30)21-13-9-7-11-18(21)15-16-20(29)17-19-12-8-10-14-22(19)24(31)28-26(4,5)6/h7-14,20,29H,15-17H2,1-6H3,(H,27,30)(H,28,31). The van der Waals surface area contributed by atoms with Crippen LogP contribution in [0.3, 0.4) is 0 Å². The fraction of sp³-hybridized carbons (Fsp3) is 0.462. The molecule has 5 heteroatoms. The molecule has 1 unspecified atom stereocenters. The first-order valence-electron chi connectivity index (χ1n) is 10.8. The maximum atomic E-state index is 12.6. The van der Waals surface area contributed by atoms with Crippen molar-refractivity contribution in [2.24, 2.45) is 0 Å². The molecule has 0 aliphatic heterocycles. The zero-order valence-corrected chi connectivity index (χ0v) is 19.6. The first-order chi connectivity index (χ1) is 14.4. The Bertz CT molecular complexity index is 907. The van der Waals surface area contributed by atoms with E-state index in [1.54, 1.807) is 6.07 Å². The average molecular weight is 425 g/mol. The van der Waals surface area contributed by atoms with Crippen molar-refractivity contribution in [1.29, 1.82) is 0 Å². The van der Waals surface area contributed by atoms with Crippen LogP contribution >= 0.6 is 0 Å². The van der Waals surface area contributed by atoms with Crippen LogP contribution in [0.25, 0.3) is 0 Å². The van der Waals surface area contributed by atoms with Gasteiger partial charge in [0.25, 0.3) is 11.8 Å². The number of rotatable bonds is 7. The second-order valence-electron chi connectivity index (χ2n) is 10.1. The van der Waals surface area contributed by atoms with Crippen molar-refractivity contribution < 1.29 is 14.7 Å². The van der Waals surface area contributed by atoms with Crippen LogP contribution in [-0.4, -0.2) is 34.1 Å². The third-order valence-corrected chi connectivity index (χ3v) is 4.70. The number of hydrogen-bond acceptors (Lipinski definition) is 3. The SMILES string of the molecule is CC(C)(C)NC(=O)c1ccccc1CCC(O)Cc1ccccc1C(=O)NC(C)(C)C. The van der Waals surface area contributed by atoms with E-state index in [1.165, 1.54) is 0 Å². The molecule has 2 rings (SSSR count). The Morgan fingerprint density at radius 3 is 1.68 bits per heavy atom. The number of hydrogen-bond donors (Lipinski definition) is 3. The molecule has 2 aromatic carbocycles. The summed E-state index contributed by atoms with van der Waals surface area (Å²) in [6, 6.07) is 14.9. The summed E-state index contributed by atoms with van der Waals surface area (Å²) in [7, 11) is 0. The fourth-order valence-corrected chi connectivity index (χ4v) is 3.37. The van der Waals surface area contributed by atoms with Gasteiger partial charge in [-0.3, -0.25) is 9.59 Å². The molecular formula is C26H36N2O3. The van der Waals surface area contributed by atoms with Gasteiger partial charge in [-0.05, 0) is 84.1 Å². The van der Waals surface area contributed by atoms with Crippen molar-refractivity contribution >= 4 is 11.8 Å². The molecule has 31 heavy (non-hydrogen) atoms. The lowest BCUT2D eigenvalue weighted by Gasteiger charge is -2.22. The summed E-state index contributed by atoms with van der Waals surface area (Å²) in [6.45, 7) is 11.7. The largest absolute Gasteiger partial charge is 0.393 e. The van der Waals surface area contributed by atoms with Crippen molar-refractivity contribution in [1.82, 2.24) is 10.6 Å². The minimum absolute atomic E-state index is 0.109. The highest BCUT2D eigenvalue weighted by Crippen LogP contribution is 2.18. The zero-order chi connectivity index (χ0) is 23.2. The molecule has 0 bridgehead atoms. The molecule has 0 saturated heterocycles. The van der Waals surface area contributed by atoms with Gasteiger partial charge in [0.2, 0.25) is 0 Å². The van der Waals surface area contributed by atoms with Gasteiger partial charge in [-0.2, -0.15) is 0 Å². The van der Waals surface area contributed by atoms with E-state index in [0.717, 1.165) is 11.1 Å². The number of aliphatic hydroxyl groups excluding tert-OH is 1. The molecule has 0 saturated carbocycles. The molecule has 0 aliphatic carbocycles. The Morgan fingerprint density at radius 2 is 1.19 bits per heavy atom. The Morgan fingerprint density at radius 1 is 0.774 bits per heavy atom. The maximum Gasteiger partial charge on any atom is 0.251 e. The van der Waals surface area contributed by atoms with Gasteiger partial charge in [0.15, 0.2) is 0 Å². The van der Waals surface area contributed by atoms with E-state index in [0.29, 0.717) is 30.4 Å². The Hall–Kier alpha value is -2.66. The number of carbonyl (C=O) groups excluding carboxylic acids is 2. The molecule has 0 radical (unpaired) electrons. The monoisotopic (exact) mass is 424 g/mol. The summed E-state index contributed by atoms with van der Waals surface area (Å²) in [5.74, 6) is -0.249. The van der Waals surface area contributed by atoms with Crippen LogP contribution in [-0.2, 0) is 12.8 Å². The van der Waals surface area contributed by atoms with Crippen LogP contribution < -0.4 is 10.6 Å². The fourth-order valence-electron chi connectivity index (χ4n) is 3.37. The Kier molecular flexibility index (Phi) is 8.02. The van der Waals surface area contributed by atoms with E-state index in [4.69, 9.17) is 0 Å².